The van der Waals surface area contributed by atoms with Crippen LogP contribution in [0.2, 0.25) is 0 Å². The quantitative estimate of drug-likeness (QED) is 0.169. The Kier molecular flexibility index (Phi) is 15.9. The Morgan fingerprint density at radius 1 is 0.838 bits per heavy atom. The molecule has 0 spiro atoms. The Morgan fingerprint density at radius 2 is 1.43 bits per heavy atom. The van der Waals surface area contributed by atoms with Crippen LogP contribution in [0.5, 0.6) is 11.5 Å². The van der Waals surface area contributed by atoms with E-state index in [0.717, 1.165) is 32.1 Å². The van der Waals surface area contributed by atoms with Gasteiger partial charge < -0.3 is 24.3 Å². The molecule has 1 aromatic carbocycles. The number of hydrogen-bond acceptors (Lipinski definition) is 9. The Labute approximate surface area is 220 Å². The molecule has 0 bridgehead atoms. The first-order chi connectivity index (χ1) is 17.7. The summed E-state index contributed by atoms with van der Waals surface area (Å²) in [4.78, 5) is 48.7. The Bertz CT molecular complexity index is 868. The van der Waals surface area contributed by atoms with Crippen molar-refractivity contribution in [2.45, 2.75) is 91.5 Å². The summed E-state index contributed by atoms with van der Waals surface area (Å²) in [5.74, 6) is -1.55. The van der Waals surface area contributed by atoms with Crippen molar-refractivity contribution < 1.29 is 38.1 Å². The number of esters is 4. The van der Waals surface area contributed by atoms with E-state index in [1.165, 1.54) is 7.11 Å². The van der Waals surface area contributed by atoms with Crippen molar-refractivity contribution in [3.8, 4) is 11.5 Å². The van der Waals surface area contributed by atoms with E-state index in [0.29, 0.717) is 12.0 Å². The number of benzene rings is 1. The highest BCUT2D eigenvalue weighted by Crippen LogP contribution is 2.30. The molecular weight excluding hydrogens is 478 g/mol. The van der Waals surface area contributed by atoms with Gasteiger partial charge in [0.25, 0.3) is 0 Å². The molecule has 1 rings (SSSR count). The first-order valence-corrected chi connectivity index (χ1v) is 13.2. The van der Waals surface area contributed by atoms with Crippen LogP contribution in [0.15, 0.2) is 18.2 Å². The van der Waals surface area contributed by atoms with Crippen LogP contribution in [0.4, 0.5) is 0 Å². The highest BCUT2D eigenvalue weighted by atomic mass is 16.6. The third kappa shape index (κ3) is 13.3. The molecule has 0 aliphatic rings. The van der Waals surface area contributed by atoms with Gasteiger partial charge in [0.15, 0.2) is 11.5 Å². The Balaban J connectivity index is 2.98. The molecular formula is C28H43NO8. The van der Waals surface area contributed by atoms with E-state index in [1.807, 2.05) is 6.92 Å². The molecule has 1 atom stereocenters. The minimum Gasteiger partial charge on any atom is -0.468 e. The number of unbranched alkanes of at least 4 members (excludes halogenated alkanes) is 4. The maximum atomic E-state index is 12.4. The molecule has 9 heteroatoms. The van der Waals surface area contributed by atoms with Crippen LogP contribution in [0.1, 0.15) is 84.6 Å². The fraction of sp³-hybridized carbons (Fsp3) is 0.643. The predicted octanol–water partition coefficient (Wildman–Crippen LogP) is 4.53. The van der Waals surface area contributed by atoms with Crippen molar-refractivity contribution in [2.75, 3.05) is 20.3 Å². The monoisotopic (exact) mass is 521 g/mol. The van der Waals surface area contributed by atoms with E-state index in [1.54, 1.807) is 32.0 Å². The van der Waals surface area contributed by atoms with Gasteiger partial charge in [-0.3, -0.25) is 19.2 Å². The van der Waals surface area contributed by atoms with Gasteiger partial charge in [0.05, 0.1) is 13.0 Å². The average Bonchev–Trinajstić information content (AvgIpc) is 2.86. The number of hydrogen-bond donors (Lipinski definition) is 1. The molecule has 0 aliphatic heterocycles. The average molecular weight is 522 g/mol. The fourth-order valence-corrected chi connectivity index (χ4v) is 3.40. The van der Waals surface area contributed by atoms with Crippen molar-refractivity contribution >= 4 is 23.9 Å². The van der Waals surface area contributed by atoms with Gasteiger partial charge in [0.1, 0.15) is 12.6 Å². The summed E-state index contributed by atoms with van der Waals surface area (Å²) < 4.78 is 21.1. The standard InChI is InChI=1S/C28H43NO8/c1-6-8-10-12-25(30)36-23-15-14-21(19-24(23)37-26(31)13-11-9-7-2)18-22(28(33)34-5)29-16-17-35-27(32)20(3)4/h14-15,19-20,22,29H,6-13,16-18H2,1-5H3/t22-/m0/s1. The largest absolute Gasteiger partial charge is 0.468 e. The van der Waals surface area contributed by atoms with Crippen molar-refractivity contribution in [3.63, 3.8) is 0 Å². The van der Waals surface area contributed by atoms with Crippen LogP contribution >= 0.6 is 0 Å². The van der Waals surface area contributed by atoms with E-state index in [2.05, 4.69) is 12.2 Å². The highest BCUT2D eigenvalue weighted by Gasteiger charge is 2.22. The van der Waals surface area contributed by atoms with E-state index < -0.39 is 23.9 Å². The van der Waals surface area contributed by atoms with Crippen molar-refractivity contribution in [1.29, 1.82) is 0 Å². The second kappa shape index (κ2) is 18.3. The molecule has 9 nitrogen and oxygen atoms in total. The molecule has 0 heterocycles. The molecule has 0 aliphatic carbocycles. The lowest BCUT2D eigenvalue weighted by molar-refractivity contribution is -0.147. The maximum Gasteiger partial charge on any atom is 0.323 e. The van der Waals surface area contributed by atoms with Crippen LogP contribution in [0.25, 0.3) is 0 Å². The van der Waals surface area contributed by atoms with Crippen LogP contribution in [-0.2, 0) is 35.1 Å². The number of carbonyl (C=O) groups is 4. The molecule has 208 valence electrons. The van der Waals surface area contributed by atoms with Gasteiger partial charge in [0, 0.05) is 19.4 Å². The molecule has 0 saturated carbocycles. The summed E-state index contributed by atoms with van der Waals surface area (Å²) in [5, 5.41) is 3.04. The smallest absolute Gasteiger partial charge is 0.323 e. The van der Waals surface area contributed by atoms with Gasteiger partial charge in [-0.15, -0.1) is 0 Å². The molecule has 1 aromatic rings. The highest BCUT2D eigenvalue weighted by molar-refractivity contribution is 5.77. The van der Waals surface area contributed by atoms with Crippen LogP contribution < -0.4 is 14.8 Å². The van der Waals surface area contributed by atoms with Gasteiger partial charge in [-0.25, -0.2) is 0 Å². The molecule has 0 aromatic heterocycles. The minimum absolute atomic E-state index is 0.109. The molecule has 0 fully saturated rings. The van der Waals surface area contributed by atoms with E-state index in [4.69, 9.17) is 18.9 Å². The molecule has 37 heavy (non-hydrogen) atoms. The van der Waals surface area contributed by atoms with Gasteiger partial charge in [0.2, 0.25) is 0 Å². The van der Waals surface area contributed by atoms with Crippen LogP contribution in [0, 0.1) is 5.92 Å². The van der Waals surface area contributed by atoms with Gasteiger partial charge in [-0.2, -0.15) is 0 Å². The number of ether oxygens (including phenoxy) is 4. The summed E-state index contributed by atoms with van der Waals surface area (Å²) in [7, 11) is 1.29. The molecule has 0 unspecified atom stereocenters. The van der Waals surface area contributed by atoms with Crippen molar-refractivity contribution in [1.82, 2.24) is 5.32 Å². The zero-order chi connectivity index (χ0) is 27.6. The van der Waals surface area contributed by atoms with Crippen molar-refractivity contribution in [2.24, 2.45) is 5.92 Å². The molecule has 0 saturated heterocycles. The summed E-state index contributed by atoms with van der Waals surface area (Å²) in [6.07, 6.45) is 5.96. The lowest BCUT2D eigenvalue weighted by atomic mass is 10.0. The zero-order valence-electron chi connectivity index (χ0n) is 22.9. The van der Waals surface area contributed by atoms with Crippen molar-refractivity contribution in [3.05, 3.63) is 23.8 Å². The first kappa shape index (κ1) is 32.1. The number of nitrogens with one attached hydrogen (secondary N) is 1. The van der Waals surface area contributed by atoms with Gasteiger partial charge >= 0.3 is 23.9 Å². The Morgan fingerprint density at radius 3 is 1.97 bits per heavy atom. The third-order valence-electron chi connectivity index (χ3n) is 5.56. The molecule has 0 radical (unpaired) electrons. The predicted molar refractivity (Wildman–Crippen MR) is 139 cm³/mol. The zero-order valence-corrected chi connectivity index (χ0v) is 22.9. The number of carbonyl (C=O) groups excluding carboxylic acids is 4. The van der Waals surface area contributed by atoms with Crippen LogP contribution in [0.3, 0.4) is 0 Å². The third-order valence-corrected chi connectivity index (χ3v) is 5.56. The topological polar surface area (TPSA) is 117 Å². The molecule has 1 N–H and O–H groups in total. The summed E-state index contributed by atoms with van der Waals surface area (Å²) in [6, 6.07) is 4.15. The summed E-state index contributed by atoms with van der Waals surface area (Å²) >= 11 is 0. The first-order valence-electron chi connectivity index (χ1n) is 13.2. The number of methoxy groups -OCH3 is 1. The van der Waals surface area contributed by atoms with E-state index in [-0.39, 0.29) is 55.8 Å². The second-order valence-electron chi connectivity index (χ2n) is 9.20. The Hall–Kier alpha value is -2.94. The van der Waals surface area contributed by atoms with Gasteiger partial charge in [-0.05, 0) is 37.0 Å². The van der Waals surface area contributed by atoms with E-state index >= 15 is 0 Å². The van der Waals surface area contributed by atoms with Crippen LogP contribution in [-0.4, -0.2) is 50.2 Å². The van der Waals surface area contributed by atoms with E-state index in [9.17, 15) is 19.2 Å². The minimum atomic E-state index is -0.724. The SMILES string of the molecule is CCCCCC(=O)Oc1ccc(C[C@H](NCCOC(=O)C(C)C)C(=O)OC)cc1OC(=O)CCCCC. The fourth-order valence-electron chi connectivity index (χ4n) is 3.40. The maximum absolute atomic E-state index is 12.4. The normalized spacial score (nSPS) is 11.6. The summed E-state index contributed by atoms with van der Waals surface area (Å²) in [5.41, 5.74) is 0.671. The number of rotatable bonds is 18. The second-order valence-corrected chi connectivity index (χ2v) is 9.20. The lowest BCUT2D eigenvalue weighted by Gasteiger charge is -2.18. The lowest BCUT2D eigenvalue weighted by Crippen LogP contribution is -2.41. The molecule has 0 amide bonds. The van der Waals surface area contributed by atoms with Gasteiger partial charge in [-0.1, -0.05) is 59.4 Å². The summed E-state index contributed by atoms with van der Waals surface area (Å²) in [6.45, 7) is 7.95.